The average Bonchev–Trinajstić information content (AvgIpc) is 2.53. The standard InChI is InChI=1S/C17H16N2O/c1-13(17(20)14-8-4-3-5-9-14)19(2)16-11-7-6-10-15(16)12-18/h3-11,13H,1-2H3. The van der Waals surface area contributed by atoms with E-state index in [9.17, 15) is 4.79 Å². The first-order chi connectivity index (χ1) is 9.65. The van der Waals surface area contributed by atoms with Gasteiger partial charge in [-0.1, -0.05) is 42.5 Å². The average molecular weight is 264 g/mol. The third kappa shape index (κ3) is 2.70. The van der Waals surface area contributed by atoms with Crippen molar-refractivity contribution in [1.29, 1.82) is 5.26 Å². The minimum Gasteiger partial charge on any atom is -0.363 e. The number of rotatable bonds is 4. The quantitative estimate of drug-likeness (QED) is 0.796. The third-order valence-corrected chi connectivity index (χ3v) is 3.42. The zero-order chi connectivity index (χ0) is 14.5. The molecule has 3 heteroatoms. The molecule has 0 N–H and O–H groups in total. The van der Waals surface area contributed by atoms with Gasteiger partial charge in [-0.15, -0.1) is 0 Å². The largest absolute Gasteiger partial charge is 0.363 e. The number of hydrogen-bond donors (Lipinski definition) is 0. The predicted molar refractivity (Wildman–Crippen MR) is 79.8 cm³/mol. The van der Waals surface area contributed by atoms with Gasteiger partial charge in [0.15, 0.2) is 5.78 Å². The summed E-state index contributed by atoms with van der Waals surface area (Å²) in [5.41, 5.74) is 2.02. The maximum absolute atomic E-state index is 12.4. The lowest BCUT2D eigenvalue weighted by Gasteiger charge is -2.26. The van der Waals surface area contributed by atoms with Gasteiger partial charge in [0.25, 0.3) is 0 Å². The number of hydrogen-bond acceptors (Lipinski definition) is 3. The van der Waals surface area contributed by atoms with Crippen molar-refractivity contribution in [2.75, 3.05) is 11.9 Å². The summed E-state index contributed by atoms with van der Waals surface area (Å²) in [4.78, 5) is 14.3. The Morgan fingerprint density at radius 1 is 1.10 bits per heavy atom. The molecule has 0 aliphatic carbocycles. The Morgan fingerprint density at radius 2 is 1.70 bits per heavy atom. The molecular weight excluding hydrogens is 248 g/mol. The van der Waals surface area contributed by atoms with Crippen LogP contribution in [0.3, 0.4) is 0 Å². The van der Waals surface area contributed by atoms with Gasteiger partial charge in [-0.25, -0.2) is 0 Å². The van der Waals surface area contributed by atoms with Crippen LogP contribution in [-0.2, 0) is 0 Å². The SMILES string of the molecule is CC(C(=O)c1ccccc1)N(C)c1ccccc1C#N. The third-order valence-electron chi connectivity index (χ3n) is 3.42. The van der Waals surface area contributed by atoms with Crippen LogP contribution in [0.1, 0.15) is 22.8 Å². The van der Waals surface area contributed by atoms with E-state index in [1.807, 2.05) is 67.4 Å². The molecule has 0 saturated carbocycles. The van der Waals surface area contributed by atoms with Crippen LogP contribution in [0, 0.1) is 11.3 Å². The molecule has 0 bridgehead atoms. The number of ketones is 1. The highest BCUT2D eigenvalue weighted by molar-refractivity contribution is 6.01. The van der Waals surface area contributed by atoms with Gasteiger partial charge in [0.2, 0.25) is 0 Å². The number of anilines is 1. The molecule has 0 fully saturated rings. The second-order valence-electron chi connectivity index (χ2n) is 4.65. The van der Waals surface area contributed by atoms with Crippen molar-refractivity contribution >= 4 is 11.5 Å². The Labute approximate surface area is 119 Å². The summed E-state index contributed by atoms with van der Waals surface area (Å²) in [5, 5.41) is 9.14. The molecule has 1 atom stereocenters. The van der Waals surface area contributed by atoms with Crippen molar-refractivity contribution in [3.05, 3.63) is 65.7 Å². The Bertz CT molecular complexity index is 644. The van der Waals surface area contributed by atoms with Gasteiger partial charge in [0.05, 0.1) is 17.3 Å². The van der Waals surface area contributed by atoms with Crippen molar-refractivity contribution < 1.29 is 4.79 Å². The molecule has 1 unspecified atom stereocenters. The van der Waals surface area contributed by atoms with Crippen LogP contribution in [0.4, 0.5) is 5.69 Å². The Morgan fingerprint density at radius 3 is 2.35 bits per heavy atom. The molecular formula is C17H16N2O. The highest BCUT2D eigenvalue weighted by Gasteiger charge is 2.21. The summed E-state index contributed by atoms with van der Waals surface area (Å²) < 4.78 is 0. The molecule has 2 rings (SSSR count). The number of carbonyl (C=O) groups excluding carboxylic acids is 1. The molecule has 100 valence electrons. The fourth-order valence-electron chi connectivity index (χ4n) is 2.10. The van der Waals surface area contributed by atoms with E-state index in [0.717, 1.165) is 5.69 Å². The van der Waals surface area contributed by atoms with Crippen molar-refractivity contribution in [3.63, 3.8) is 0 Å². The van der Waals surface area contributed by atoms with Crippen molar-refractivity contribution in [3.8, 4) is 6.07 Å². The lowest BCUT2D eigenvalue weighted by Crippen LogP contribution is -2.36. The topological polar surface area (TPSA) is 44.1 Å². The summed E-state index contributed by atoms with van der Waals surface area (Å²) in [5.74, 6) is 0.0424. The van der Waals surface area contributed by atoms with Crippen molar-refractivity contribution in [2.24, 2.45) is 0 Å². The molecule has 3 nitrogen and oxygen atoms in total. The van der Waals surface area contributed by atoms with E-state index in [1.54, 1.807) is 6.07 Å². The Hall–Kier alpha value is -2.60. The zero-order valence-electron chi connectivity index (χ0n) is 11.6. The van der Waals surface area contributed by atoms with Gasteiger partial charge < -0.3 is 4.90 Å². The molecule has 0 aliphatic rings. The number of benzene rings is 2. The second-order valence-corrected chi connectivity index (χ2v) is 4.65. The van der Waals surface area contributed by atoms with Crippen LogP contribution >= 0.6 is 0 Å². The second kappa shape index (κ2) is 6.03. The lowest BCUT2D eigenvalue weighted by atomic mass is 10.0. The normalized spacial score (nSPS) is 11.4. The smallest absolute Gasteiger partial charge is 0.184 e. The first-order valence-electron chi connectivity index (χ1n) is 6.46. The highest BCUT2D eigenvalue weighted by atomic mass is 16.1. The fourth-order valence-corrected chi connectivity index (χ4v) is 2.10. The highest BCUT2D eigenvalue weighted by Crippen LogP contribution is 2.21. The molecule has 2 aromatic rings. The molecule has 2 aromatic carbocycles. The van der Waals surface area contributed by atoms with Gasteiger partial charge in [-0.05, 0) is 19.1 Å². The number of likely N-dealkylation sites (N-methyl/N-ethyl adjacent to an activating group) is 1. The van der Waals surface area contributed by atoms with Crippen LogP contribution in [-0.4, -0.2) is 18.9 Å². The van der Waals surface area contributed by atoms with Crippen molar-refractivity contribution in [1.82, 2.24) is 0 Å². The molecule has 0 saturated heterocycles. The summed E-state index contributed by atoms with van der Waals surface area (Å²) in [6, 6.07) is 18.3. The molecule has 0 aliphatic heterocycles. The van der Waals surface area contributed by atoms with E-state index in [0.29, 0.717) is 11.1 Å². The van der Waals surface area contributed by atoms with Gasteiger partial charge in [0, 0.05) is 12.6 Å². The van der Waals surface area contributed by atoms with E-state index >= 15 is 0 Å². The number of nitriles is 1. The minimum absolute atomic E-state index is 0.0424. The maximum atomic E-state index is 12.4. The number of nitrogens with zero attached hydrogens (tertiary/aromatic N) is 2. The summed E-state index contributed by atoms with van der Waals surface area (Å²) >= 11 is 0. The summed E-state index contributed by atoms with van der Waals surface area (Å²) in [6.07, 6.45) is 0. The maximum Gasteiger partial charge on any atom is 0.184 e. The summed E-state index contributed by atoms with van der Waals surface area (Å²) in [6.45, 7) is 1.85. The van der Waals surface area contributed by atoms with Crippen LogP contribution in [0.5, 0.6) is 0 Å². The minimum atomic E-state index is -0.327. The Balaban J connectivity index is 2.27. The molecule has 0 spiro atoms. The van der Waals surface area contributed by atoms with Crippen LogP contribution in [0.15, 0.2) is 54.6 Å². The Kier molecular flexibility index (Phi) is 4.17. The molecule has 0 amide bonds. The zero-order valence-corrected chi connectivity index (χ0v) is 11.6. The number of para-hydroxylation sites is 1. The van der Waals surface area contributed by atoms with Gasteiger partial charge in [-0.3, -0.25) is 4.79 Å². The van der Waals surface area contributed by atoms with Crippen LogP contribution in [0.2, 0.25) is 0 Å². The summed E-state index contributed by atoms with van der Waals surface area (Å²) in [7, 11) is 1.84. The monoisotopic (exact) mass is 264 g/mol. The predicted octanol–water partition coefficient (Wildman–Crippen LogP) is 3.27. The van der Waals surface area contributed by atoms with E-state index in [2.05, 4.69) is 6.07 Å². The van der Waals surface area contributed by atoms with Crippen LogP contribution < -0.4 is 4.90 Å². The number of Topliss-reactive ketones (excluding diaryl/α,β-unsaturated/α-hetero) is 1. The molecule has 0 heterocycles. The number of carbonyl (C=O) groups is 1. The van der Waals surface area contributed by atoms with E-state index in [1.165, 1.54) is 0 Å². The fraction of sp³-hybridized carbons (Fsp3) is 0.176. The van der Waals surface area contributed by atoms with E-state index in [-0.39, 0.29) is 11.8 Å². The molecule has 0 radical (unpaired) electrons. The first kappa shape index (κ1) is 13.8. The first-order valence-corrected chi connectivity index (χ1v) is 6.46. The van der Waals surface area contributed by atoms with Crippen molar-refractivity contribution in [2.45, 2.75) is 13.0 Å². The molecule has 20 heavy (non-hydrogen) atoms. The van der Waals surface area contributed by atoms with Gasteiger partial charge >= 0.3 is 0 Å². The van der Waals surface area contributed by atoms with Gasteiger partial charge in [0.1, 0.15) is 6.07 Å². The molecule has 0 aromatic heterocycles. The van der Waals surface area contributed by atoms with E-state index in [4.69, 9.17) is 5.26 Å². The lowest BCUT2D eigenvalue weighted by molar-refractivity contribution is 0.0966. The van der Waals surface area contributed by atoms with E-state index < -0.39 is 0 Å². The van der Waals surface area contributed by atoms with Gasteiger partial charge in [-0.2, -0.15) is 5.26 Å². The van der Waals surface area contributed by atoms with Crippen LogP contribution in [0.25, 0.3) is 0 Å².